The fourth-order valence-electron chi connectivity index (χ4n) is 2.92. The second kappa shape index (κ2) is 6.69. The molecule has 2 heterocycles. The van der Waals surface area contributed by atoms with Crippen molar-refractivity contribution in [1.82, 2.24) is 9.55 Å². The van der Waals surface area contributed by atoms with E-state index >= 15 is 0 Å². The van der Waals surface area contributed by atoms with Crippen molar-refractivity contribution in [3.8, 4) is 17.3 Å². The normalized spacial score (nSPS) is 15.4. The highest BCUT2D eigenvalue weighted by atomic mass is 35.5. The highest BCUT2D eigenvalue weighted by Crippen LogP contribution is 2.41. The topological polar surface area (TPSA) is 75.8 Å². The molecule has 2 aromatic carbocycles. The number of fused-ring (bicyclic) bond motifs is 1. The zero-order valence-corrected chi connectivity index (χ0v) is 15.7. The molecule has 3 aromatic rings. The van der Waals surface area contributed by atoms with Crippen molar-refractivity contribution >= 4 is 29.3 Å². The molecular formula is C20H12ClN3O2S. The summed E-state index contributed by atoms with van der Waals surface area (Å²) in [5.41, 5.74) is 1.95. The van der Waals surface area contributed by atoms with Crippen LogP contribution in [0.2, 0.25) is 5.02 Å². The van der Waals surface area contributed by atoms with Gasteiger partial charge in [-0.15, -0.1) is 0 Å². The number of nitrogens with zero attached hydrogens (tertiary/aromatic N) is 3. The molecule has 0 spiro atoms. The number of carbonyl (C=O) groups excluding carboxylic acids is 1. The summed E-state index contributed by atoms with van der Waals surface area (Å²) in [5.74, 6) is -0.379. The summed E-state index contributed by atoms with van der Waals surface area (Å²) < 4.78 is 1.01. The van der Waals surface area contributed by atoms with Crippen molar-refractivity contribution in [3.05, 3.63) is 80.6 Å². The Labute approximate surface area is 164 Å². The SMILES string of the molecule is Cc1ccc(C2Sc3nc(-c4ccc(Cl)cc4)c(C#N)c(=O)n3C2=O)cc1. The second-order valence-electron chi connectivity index (χ2n) is 6.12. The molecule has 132 valence electrons. The first-order chi connectivity index (χ1) is 13.0. The lowest BCUT2D eigenvalue weighted by atomic mass is 10.1. The number of carbonyl (C=O) groups is 1. The number of nitriles is 1. The van der Waals surface area contributed by atoms with E-state index in [0.29, 0.717) is 15.7 Å². The van der Waals surface area contributed by atoms with E-state index in [0.717, 1.165) is 15.7 Å². The van der Waals surface area contributed by atoms with Crippen LogP contribution in [0.15, 0.2) is 58.5 Å². The van der Waals surface area contributed by atoms with Gasteiger partial charge in [-0.05, 0) is 24.6 Å². The lowest BCUT2D eigenvalue weighted by molar-refractivity contribution is 0.0903. The van der Waals surface area contributed by atoms with Gasteiger partial charge >= 0.3 is 0 Å². The smallest absolute Gasteiger partial charge is 0.272 e. The Morgan fingerprint density at radius 2 is 1.78 bits per heavy atom. The standard InChI is InChI=1S/C20H12ClN3O2S/c1-11-2-4-13(5-3-11)17-19(26)24-18(25)15(10-22)16(23-20(24)27-17)12-6-8-14(21)9-7-12/h2-9,17H,1H3. The number of aryl methyl sites for hydroxylation is 1. The molecule has 0 amide bonds. The van der Waals surface area contributed by atoms with Gasteiger partial charge in [0.2, 0.25) is 0 Å². The molecule has 0 N–H and O–H groups in total. The predicted molar refractivity (Wildman–Crippen MR) is 104 cm³/mol. The fraction of sp³-hybridized carbons (Fsp3) is 0.100. The van der Waals surface area contributed by atoms with Gasteiger partial charge in [-0.25, -0.2) is 9.55 Å². The maximum Gasteiger partial charge on any atom is 0.279 e. The van der Waals surface area contributed by atoms with Crippen molar-refractivity contribution in [1.29, 1.82) is 5.26 Å². The molecule has 7 heteroatoms. The Morgan fingerprint density at radius 1 is 1.11 bits per heavy atom. The summed E-state index contributed by atoms with van der Waals surface area (Å²) in [7, 11) is 0. The van der Waals surface area contributed by atoms with Crippen LogP contribution in [0.5, 0.6) is 0 Å². The van der Waals surface area contributed by atoms with E-state index < -0.39 is 10.8 Å². The van der Waals surface area contributed by atoms with Gasteiger partial charge in [0.1, 0.15) is 16.9 Å². The quantitative estimate of drug-likeness (QED) is 0.609. The van der Waals surface area contributed by atoms with Crippen LogP contribution in [0.25, 0.3) is 11.3 Å². The maximum absolute atomic E-state index is 12.8. The van der Waals surface area contributed by atoms with Crippen LogP contribution < -0.4 is 5.56 Å². The minimum absolute atomic E-state index is 0.153. The van der Waals surface area contributed by atoms with Crippen molar-refractivity contribution in [3.63, 3.8) is 0 Å². The van der Waals surface area contributed by atoms with Gasteiger partial charge < -0.3 is 0 Å². The molecule has 4 rings (SSSR count). The lowest BCUT2D eigenvalue weighted by Gasteiger charge is -2.07. The number of benzene rings is 2. The summed E-state index contributed by atoms with van der Waals surface area (Å²) in [5, 5.41) is 9.77. The third-order valence-electron chi connectivity index (χ3n) is 4.33. The Hall–Kier alpha value is -2.88. The highest BCUT2D eigenvalue weighted by Gasteiger charge is 2.36. The summed E-state index contributed by atoms with van der Waals surface area (Å²) in [6, 6.07) is 16.2. The van der Waals surface area contributed by atoms with Crippen LogP contribution in [0, 0.1) is 18.3 Å². The molecule has 0 radical (unpaired) electrons. The van der Waals surface area contributed by atoms with Crippen LogP contribution in [0.3, 0.4) is 0 Å². The molecule has 0 saturated heterocycles. The fourth-order valence-corrected chi connectivity index (χ4v) is 4.18. The van der Waals surface area contributed by atoms with E-state index in [1.807, 2.05) is 37.3 Å². The first-order valence-corrected chi connectivity index (χ1v) is 9.36. The number of hydrogen-bond acceptors (Lipinski definition) is 5. The largest absolute Gasteiger partial charge is 0.279 e. The predicted octanol–water partition coefficient (Wildman–Crippen LogP) is 4.23. The molecule has 0 aliphatic carbocycles. The van der Waals surface area contributed by atoms with Crippen LogP contribution >= 0.6 is 23.4 Å². The van der Waals surface area contributed by atoms with E-state index in [4.69, 9.17) is 11.6 Å². The van der Waals surface area contributed by atoms with E-state index in [9.17, 15) is 14.9 Å². The first-order valence-electron chi connectivity index (χ1n) is 8.10. The number of thioether (sulfide) groups is 1. The number of hydrogen-bond donors (Lipinski definition) is 0. The number of halogens is 1. The summed E-state index contributed by atoms with van der Waals surface area (Å²) in [4.78, 5) is 30.1. The summed E-state index contributed by atoms with van der Waals surface area (Å²) in [6.45, 7) is 1.96. The van der Waals surface area contributed by atoms with E-state index in [1.54, 1.807) is 24.3 Å². The van der Waals surface area contributed by atoms with E-state index in [2.05, 4.69) is 4.98 Å². The van der Waals surface area contributed by atoms with E-state index in [1.165, 1.54) is 11.8 Å². The van der Waals surface area contributed by atoms with Gasteiger partial charge in [-0.1, -0.05) is 65.3 Å². The average molecular weight is 394 g/mol. The van der Waals surface area contributed by atoms with Crippen LogP contribution in [0.4, 0.5) is 0 Å². The zero-order chi connectivity index (χ0) is 19.1. The third-order valence-corrected chi connectivity index (χ3v) is 5.78. The van der Waals surface area contributed by atoms with Gasteiger partial charge in [0.25, 0.3) is 11.5 Å². The van der Waals surface area contributed by atoms with Crippen LogP contribution in [-0.4, -0.2) is 15.5 Å². The number of rotatable bonds is 2. The van der Waals surface area contributed by atoms with Gasteiger partial charge in [0.05, 0.1) is 5.69 Å². The molecule has 0 fully saturated rings. The Morgan fingerprint density at radius 3 is 2.41 bits per heavy atom. The average Bonchev–Trinajstić information content (AvgIpc) is 3.00. The molecule has 27 heavy (non-hydrogen) atoms. The van der Waals surface area contributed by atoms with Crippen molar-refractivity contribution < 1.29 is 4.79 Å². The molecular weight excluding hydrogens is 382 g/mol. The molecule has 0 bridgehead atoms. The summed E-state index contributed by atoms with van der Waals surface area (Å²) in [6.07, 6.45) is 0. The minimum Gasteiger partial charge on any atom is -0.272 e. The van der Waals surface area contributed by atoms with Gasteiger partial charge in [-0.3, -0.25) is 9.59 Å². The third kappa shape index (κ3) is 2.95. The molecule has 1 aromatic heterocycles. The van der Waals surface area contributed by atoms with Gasteiger partial charge in [0, 0.05) is 10.6 Å². The second-order valence-corrected chi connectivity index (χ2v) is 7.63. The molecule has 5 nitrogen and oxygen atoms in total. The van der Waals surface area contributed by atoms with Crippen molar-refractivity contribution in [2.45, 2.75) is 17.3 Å². The lowest BCUT2D eigenvalue weighted by Crippen LogP contribution is -2.29. The van der Waals surface area contributed by atoms with Gasteiger partial charge in [-0.2, -0.15) is 5.26 Å². The molecule has 1 unspecified atom stereocenters. The zero-order valence-electron chi connectivity index (χ0n) is 14.1. The highest BCUT2D eigenvalue weighted by molar-refractivity contribution is 8.00. The Bertz CT molecular complexity index is 1160. The van der Waals surface area contributed by atoms with Crippen molar-refractivity contribution in [2.24, 2.45) is 0 Å². The Kier molecular flexibility index (Phi) is 4.34. The molecule has 1 atom stereocenters. The molecule has 1 aliphatic rings. The monoisotopic (exact) mass is 393 g/mol. The van der Waals surface area contributed by atoms with Crippen LogP contribution in [0.1, 0.15) is 26.7 Å². The summed E-state index contributed by atoms with van der Waals surface area (Å²) >= 11 is 7.13. The minimum atomic E-state index is -0.639. The first kappa shape index (κ1) is 17.5. The van der Waals surface area contributed by atoms with Gasteiger partial charge in [0.15, 0.2) is 5.16 Å². The maximum atomic E-state index is 12.8. The van der Waals surface area contributed by atoms with Crippen LogP contribution in [-0.2, 0) is 0 Å². The number of aromatic nitrogens is 2. The molecule has 0 saturated carbocycles. The van der Waals surface area contributed by atoms with Crippen molar-refractivity contribution in [2.75, 3.05) is 0 Å². The Balaban J connectivity index is 1.85. The van der Waals surface area contributed by atoms with E-state index in [-0.39, 0.29) is 17.2 Å². The molecule has 1 aliphatic heterocycles.